The fraction of sp³-hybridized carbons (Fsp3) is 0.235. The van der Waals surface area contributed by atoms with Crippen LogP contribution in [0, 0.1) is 18.3 Å². The Balaban J connectivity index is 2.29. The Labute approximate surface area is 123 Å². The van der Waals surface area contributed by atoms with Gasteiger partial charge in [0.1, 0.15) is 5.82 Å². The van der Waals surface area contributed by atoms with Gasteiger partial charge in [0, 0.05) is 24.0 Å². The first kappa shape index (κ1) is 13.3. The third-order valence-corrected chi connectivity index (χ3v) is 3.57. The summed E-state index contributed by atoms with van der Waals surface area (Å²) in [6.45, 7) is 5.03. The molecule has 0 saturated carbocycles. The molecule has 0 radical (unpaired) electrons. The number of nitriles is 1. The SMILES string of the molecule is CCCn1c(-c2cccnc2C)nc2cc(C#N)ccc21. The highest BCUT2D eigenvalue weighted by Gasteiger charge is 2.14. The topological polar surface area (TPSA) is 54.5 Å². The van der Waals surface area contributed by atoms with E-state index in [-0.39, 0.29) is 0 Å². The molecule has 0 saturated heterocycles. The summed E-state index contributed by atoms with van der Waals surface area (Å²) in [6.07, 6.45) is 2.82. The lowest BCUT2D eigenvalue weighted by molar-refractivity contribution is 0.703. The first-order valence-corrected chi connectivity index (χ1v) is 7.07. The van der Waals surface area contributed by atoms with Crippen LogP contribution in [0.15, 0.2) is 36.5 Å². The van der Waals surface area contributed by atoms with Crippen LogP contribution in [0.3, 0.4) is 0 Å². The number of fused-ring (bicyclic) bond motifs is 1. The van der Waals surface area contributed by atoms with Crippen LogP contribution in [0.1, 0.15) is 24.6 Å². The molecule has 21 heavy (non-hydrogen) atoms. The predicted octanol–water partition coefficient (Wildman–Crippen LogP) is 3.69. The number of pyridine rings is 1. The number of rotatable bonds is 3. The lowest BCUT2D eigenvalue weighted by atomic mass is 10.2. The summed E-state index contributed by atoms with van der Waals surface area (Å²) in [5, 5.41) is 9.04. The van der Waals surface area contributed by atoms with E-state index in [9.17, 15) is 0 Å². The molecule has 0 fully saturated rings. The molecule has 0 unspecified atom stereocenters. The fourth-order valence-corrected chi connectivity index (χ4v) is 2.58. The predicted molar refractivity (Wildman–Crippen MR) is 82.7 cm³/mol. The van der Waals surface area contributed by atoms with E-state index in [2.05, 4.69) is 22.5 Å². The highest BCUT2D eigenvalue weighted by molar-refractivity contribution is 5.82. The van der Waals surface area contributed by atoms with Gasteiger partial charge in [-0.3, -0.25) is 4.98 Å². The zero-order valence-electron chi connectivity index (χ0n) is 12.2. The van der Waals surface area contributed by atoms with Gasteiger partial charge in [0.25, 0.3) is 0 Å². The maximum atomic E-state index is 9.04. The van der Waals surface area contributed by atoms with Gasteiger partial charge in [0.2, 0.25) is 0 Å². The molecule has 0 bridgehead atoms. The molecule has 0 amide bonds. The Bertz CT molecular complexity index is 840. The van der Waals surface area contributed by atoms with Crippen molar-refractivity contribution in [1.82, 2.24) is 14.5 Å². The molecule has 2 heterocycles. The van der Waals surface area contributed by atoms with Crippen LogP contribution in [0.2, 0.25) is 0 Å². The van der Waals surface area contributed by atoms with Crippen LogP contribution in [-0.4, -0.2) is 14.5 Å². The lowest BCUT2D eigenvalue weighted by Crippen LogP contribution is -2.01. The number of hydrogen-bond acceptors (Lipinski definition) is 3. The largest absolute Gasteiger partial charge is 0.324 e. The normalized spacial score (nSPS) is 10.7. The van der Waals surface area contributed by atoms with Crippen molar-refractivity contribution in [1.29, 1.82) is 5.26 Å². The second-order valence-corrected chi connectivity index (χ2v) is 5.04. The Morgan fingerprint density at radius 3 is 2.86 bits per heavy atom. The number of aryl methyl sites for hydroxylation is 2. The third kappa shape index (κ3) is 2.27. The summed E-state index contributed by atoms with van der Waals surface area (Å²) in [7, 11) is 0. The number of hydrogen-bond donors (Lipinski definition) is 0. The van der Waals surface area contributed by atoms with Crippen LogP contribution in [0.4, 0.5) is 0 Å². The molecular formula is C17H16N4. The van der Waals surface area contributed by atoms with E-state index in [0.717, 1.165) is 41.1 Å². The summed E-state index contributed by atoms with van der Waals surface area (Å²) < 4.78 is 2.21. The number of benzene rings is 1. The molecule has 4 heteroatoms. The molecule has 0 N–H and O–H groups in total. The third-order valence-electron chi connectivity index (χ3n) is 3.57. The zero-order valence-corrected chi connectivity index (χ0v) is 12.2. The Kier molecular flexibility index (Phi) is 3.41. The van der Waals surface area contributed by atoms with Crippen LogP contribution >= 0.6 is 0 Å². The maximum absolute atomic E-state index is 9.04. The van der Waals surface area contributed by atoms with Gasteiger partial charge < -0.3 is 4.57 Å². The Morgan fingerprint density at radius 1 is 1.29 bits per heavy atom. The summed E-state index contributed by atoms with van der Waals surface area (Å²) in [5.74, 6) is 0.924. The van der Waals surface area contributed by atoms with Crippen LogP contribution in [0.5, 0.6) is 0 Å². The minimum atomic E-state index is 0.637. The molecule has 0 aliphatic heterocycles. The number of imidazole rings is 1. The van der Waals surface area contributed by atoms with Crippen molar-refractivity contribution in [3.05, 3.63) is 47.8 Å². The molecule has 0 aliphatic rings. The summed E-state index contributed by atoms with van der Waals surface area (Å²) in [4.78, 5) is 9.10. The van der Waals surface area contributed by atoms with E-state index in [1.807, 2.05) is 37.3 Å². The molecule has 1 aromatic carbocycles. The standard InChI is InChI=1S/C17H16N4/c1-3-9-21-16-7-6-13(11-18)10-15(16)20-17(21)14-5-4-8-19-12(14)2/h4-8,10H,3,9H2,1-2H3. The molecule has 0 aliphatic carbocycles. The monoisotopic (exact) mass is 276 g/mol. The van der Waals surface area contributed by atoms with Crippen molar-refractivity contribution in [3.63, 3.8) is 0 Å². The minimum absolute atomic E-state index is 0.637. The van der Waals surface area contributed by atoms with Gasteiger partial charge in [-0.25, -0.2) is 4.98 Å². The zero-order chi connectivity index (χ0) is 14.8. The second-order valence-electron chi connectivity index (χ2n) is 5.04. The van der Waals surface area contributed by atoms with Crippen molar-refractivity contribution >= 4 is 11.0 Å². The van der Waals surface area contributed by atoms with Gasteiger partial charge in [0.05, 0.1) is 22.7 Å². The van der Waals surface area contributed by atoms with Gasteiger partial charge in [-0.2, -0.15) is 5.26 Å². The van der Waals surface area contributed by atoms with E-state index in [1.165, 1.54) is 0 Å². The van der Waals surface area contributed by atoms with Gasteiger partial charge in [-0.1, -0.05) is 6.92 Å². The van der Waals surface area contributed by atoms with Crippen LogP contribution < -0.4 is 0 Å². The average molecular weight is 276 g/mol. The number of aromatic nitrogens is 3. The van der Waals surface area contributed by atoms with Crippen molar-refractivity contribution in [2.45, 2.75) is 26.8 Å². The van der Waals surface area contributed by atoms with Crippen molar-refractivity contribution in [2.75, 3.05) is 0 Å². The number of nitrogens with zero attached hydrogens (tertiary/aromatic N) is 4. The first-order chi connectivity index (χ1) is 10.2. The van der Waals surface area contributed by atoms with Crippen LogP contribution in [-0.2, 0) is 6.54 Å². The summed E-state index contributed by atoms with van der Waals surface area (Å²) >= 11 is 0. The van der Waals surface area contributed by atoms with Crippen molar-refractivity contribution in [3.8, 4) is 17.5 Å². The average Bonchev–Trinajstić information content (AvgIpc) is 2.86. The molecule has 3 aromatic rings. The lowest BCUT2D eigenvalue weighted by Gasteiger charge is -2.09. The minimum Gasteiger partial charge on any atom is -0.324 e. The van der Waals surface area contributed by atoms with E-state index >= 15 is 0 Å². The maximum Gasteiger partial charge on any atom is 0.142 e. The second kappa shape index (κ2) is 5.37. The first-order valence-electron chi connectivity index (χ1n) is 7.07. The highest BCUT2D eigenvalue weighted by Crippen LogP contribution is 2.27. The van der Waals surface area contributed by atoms with Gasteiger partial charge >= 0.3 is 0 Å². The van der Waals surface area contributed by atoms with Gasteiger partial charge in [0.15, 0.2) is 0 Å². The molecular weight excluding hydrogens is 260 g/mol. The molecule has 2 aromatic heterocycles. The molecule has 3 rings (SSSR count). The molecule has 0 spiro atoms. The Hall–Kier alpha value is -2.67. The van der Waals surface area contributed by atoms with E-state index in [1.54, 1.807) is 6.20 Å². The fourth-order valence-electron chi connectivity index (χ4n) is 2.58. The molecule has 4 nitrogen and oxygen atoms in total. The summed E-state index contributed by atoms with van der Waals surface area (Å²) in [5.41, 5.74) is 4.57. The van der Waals surface area contributed by atoms with Gasteiger partial charge in [-0.05, 0) is 43.7 Å². The smallest absolute Gasteiger partial charge is 0.142 e. The quantitative estimate of drug-likeness (QED) is 0.733. The highest BCUT2D eigenvalue weighted by atomic mass is 15.1. The van der Waals surface area contributed by atoms with E-state index < -0.39 is 0 Å². The van der Waals surface area contributed by atoms with E-state index in [4.69, 9.17) is 10.2 Å². The van der Waals surface area contributed by atoms with E-state index in [0.29, 0.717) is 5.56 Å². The molecule has 0 atom stereocenters. The summed E-state index contributed by atoms with van der Waals surface area (Å²) in [6, 6.07) is 11.8. The Morgan fingerprint density at radius 2 is 2.14 bits per heavy atom. The van der Waals surface area contributed by atoms with Crippen molar-refractivity contribution in [2.24, 2.45) is 0 Å². The van der Waals surface area contributed by atoms with Gasteiger partial charge in [-0.15, -0.1) is 0 Å². The molecule has 104 valence electrons. The van der Waals surface area contributed by atoms with Crippen LogP contribution in [0.25, 0.3) is 22.4 Å². The van der Waals surface area contributed by atoms with Crippen molar-refractivity contribution < 1.29 is 0 Å².